The molecule has 0 spiro atoms. The number of anilines is 1. The molecule has 2 atom stereocenters. The normalized spacial score (nSPS) is 18.5. The Morgan fingerprint density at radius 1 is 1.46 bits per heavy atom. The summed E-state index contributed by atoms with van der Waals surface area (Å²) in [7, 11) is 3.86. The van der Waals surface area contributed by atoms with Gasteiger partial charge in [0, 0.05) is 33.3 Å². The van der Waals surface area contributed by atoms with Gasteiger partial charge in [0.2, 0.25) is 5.91 Å². The van der Waals surface area contributed by atoms with Crippen molar-refractivity contribution in [3.63, 3.8) is 0 Å². The summed E-state index contributed by atoms with van der Waals surface area (Å²) in [4.78, 5) is 24.5. The van der Waals surface area contributed by atoms with Crippen molar-refractivity contribution in [1.29, 1.82) is 0 Å². The summed E-state index contributed by atoms with van der Waals surface area (Å²) in [6.07, 6.45) is 5.51. The third-order valence-electron chi connectivity index (χ3n) is 4.12. The van der Waals surface area contributed by atoms with E-state index in [0.717, 1.165) is 18.0 Å². The molecule has 1 aliphatic rings. The van der Waals surface area contributed by atoms with Crippen LogP contribution in [0.4, 0.5) is 5.82 Å². The smallest absolute Gasteiger partial charge is 0.247 e. The molecule has 1 amide bonds. The Balaban J connectivity index is 1.63. The second kappa shape index (κ2) is 6.86. The number of carbonyl (C=O) groups excluding carboxylic acids is 1. The van der Waals surface area contributed by atoms with Gasteiger partial charge in [0.15, 0.2) is 11.6 Å². The van der Waals surface area contributed by atoms with E-state index in [0.29, 0.717) is 13.1 Å². The SMILES string of the molecule is C[C@H](C(=O)N1CC[C@H](Oc2cccnc2N(C)C)C1)n1cncn1. The van der Waals surface area contributed by atoms with Gasteiger partial charge in [-0.25, -0.2) is 14.6 Å². The molecule has 0 N–H and O–H groups in total. The predicted molar refractivity (Wildman–Crippen MR) is 88.9 cm³/mol. The molecule has 3 rings (SSSR count). The lowest BCUT2D eigenvalue weighted by molar-refractivity contribution is -0.133. The van der Waals surface area contributed by atoms with Crippen LogP contribution in [0.3, 0.4) is 0 Å². The van der Waals surface area contributed by atoms with Crippen molar-refractivity contribution < 1.29 is 9.53 Å². The molecule has 2 aromatic heterocycles. The lowest BCUT2D eigenvalue weighted by atomic mass is 10.3. The first-order valence-corrected chi connectivity index (χ1v) is 7.98. The highest BCUT2D eigenvalue weighted by Crippen LogP contribution is 2.27. The summed E-state index contributed by atoms with van der Waals surface area (Å²) in [5.41, 5.74) is 0. The van der Waals surface area contributed by atoms with Gasteiger partial charge < -0.3 is 14.5 Å². The van der Waals surface area contributed by atoms with Crippen LogP contribution in [0.5, 0.6) is 5.75 Å². The summed E-state index contributed by atoms with van der Waals surface area (Å²) < 4.78 is 7.66. The third kappa shape index (κ3) is 3.32. The second-order valence-electron chi connectivity index (χ2n) is 6.08. The standard InChI is InChI=1S/C16H22N6O2/c1-12(22-11-17-10-19-22)16(23)21-8-6-13(9-21)24-14-5-4-7-18-15(14)20(2)3/h4-5,7,10-13H,6,8-9H2,1-3H3/t12-,13+/m1/s1. The second-order valence-corrected chi connectivity index (χ2v) is 6.08. The highest BCUT2D eigenvalue weighted by Gasteiger charge is 2.31. The van der Waals surface area contributed by atoms with Crippen LogP contribution in [0, 0.1) is 0 Å². The summed E-state index contributed by atoms with van der Waals surface area (Å²) in [6, 6.07) is 3.40. The summed E-state index contributed by atoms with van der Waals surface area (Å²) in [5.74, 6) is 1.56. The molecule has 128 valence electrons. The van der Waals surface area contributed by atoms with E-state index in [9.17, 15) is 4.79 Å². The minimum Gasteiger partial charge on any atom is -0.485 e. The maximum absolute atomic E-state index is 12.6. The molecule has 0 saturated carbocycles. The molecule has 2 aromatic rings. The first kappa shape index (κ1) is 16.2. The number of hydrogen-bond acceptors (Lipinski definition) is 6. The van der Waals surface area contributed by atoms with E-state index in [4.69, 9.17) is 4.74 Å². The number of nitrogens with zero attached hydrogens (tertiary/aromatic N) is 6. The molecule has 0 radical (unpaired) electrons. The highest BCUT2D eigenvalue weighted by molar-refractivity contribution is 5.80. The molecule has 8 heteroatoms. The number of likely N-dealkylation sites (tertiary alicyclic amines) is 1. The lowest BCUT2D eigenvalue weighted by Crippen LogP contribution is -2.36. The average Bonchev–Trinajstić information content (AvgIpc) is 3.25. The number of ether oxygens (including phenoxy) is 1. The van der Waals surface area contributed by atoms with Crippen LogP contribution in [0.15, 0.2) is 31.0 Å². The number of rotatable bonds is 5. The van der Waals surface area contributed by atoms with E-state index in [1.54, 1.807) is 17.2 Å². The number of amides is 1. The summed E-state index contributed by atoms with van der Waals surface area (Å²) >= 11 is 0. The van der Waals surface area contributed by atoms with Gasteiger partial charge in [-0.3, -0.25) is 4.79 Å². The van der Waals surface area contributed by atoms with Crippen molar-refractivity contribution in [2.45, 2.75) is 25.5 Å². The predicted octanol–water partition coefficient (Wildman–Crippen LogP) is 0.980. The largest absolute Gasteiger partial charge is 0.485 e. The monoisotopic (exact) mass is 330 g/mol. The van der Waals surface area contributed by atoms with Crippen LogP contribution in [0.2, 0.25) is 0 Å². The summed E-state index contributed by atoms with van der Waals surface area (Å²) in [6.45, 7) is 3.08. The van der Waals surface area contributed by atoms with Crippen LogP contribution in [0.25, 0.3) is 0 Å². The molecule has 0 unspecified atom stereocenters. The Labute approximate surface area is 141 Å². The first-order chi connectivity index (χ1) is 11.6. The number of aromatic nitrogens is 4. The van der Waals surface area contributed by atoms with Crippen LogP contribution in [0.1, 0.15) is 19.4 Å². The Morgan fingerprint density at radius 3 is 3.00 bits per heavy atom. The van der Waals surface area contributed by atoms with Gasteiger partial charge in [0.25, 0.3) is 0 Å². The van der Waals surface area contributed by atoms with Crippen LogP contribution >= 0.6 is 0 Å². The number of carbonyl (C=O) groups is 1. The van der Waals surface area contributed by atoms with Crippen molar-refractivity contribution in [3.8, 4) is 5.75 Å². The zero-order valence-electron chi connectivity index (χ0n) is 14.2. The van der Waals surface area contributed by atoms with E-state index in [1.807, 2.05) is 43.0 Å². The molecule has 24 heavy (non-hydrogen) atoms. The maximum Gasteiger partial charge on any atom is 0.247 e. The molecule has 0 bridgehead atoms. The Bertz CT molecular complexity index is 688. The van der Waals surface area contributed by atoms with Gasteiger partial charge in [-0.2, -0.15) is 5.10 Å². The zero-order chi connectivity index (χ0) is 17.1. The molecular formula is C16H22N6O2. The summed E-state index contributed by atoms with van der Waals surface area (Å²) in [5, 5.41) is 4.04. The fraction of sp³-hybridized carbons (Fsp3) is 0.500. The van der Waals surface area contributed by atoms with E-state index >= 15 is 0 Å². The minimum atomic E-state index is -0.359. The fourth-order valence-electron chi connectivity index (χ4n) is 2.81. The Hall–Kier alpha value is -2.64. The zero-order valence-corrected chi connectivity index (χ0v) is 14.2. The van der Waals surface area contributed by atoms with Gasteiger partial charge in [-0.1, -0.05) is 0 Å². The van der Waals surface area contributed by atoms with Crippen molar-refractivity contribution in [3.05, 3.63) is 31.0 Å². The highest BCUT2D eigenvalue weighted by atomic mass is 16.5. The van der Waals surface area contributed by atoms with E-state index < -0.39 is 0 Å². The third-order valence-corrected chi connectivity index (χ3v) is 4.12. The fourth-order valence-corrected chi connectivity index (χ4v) is 2.81. The number of hydrogen-bond donors (Lipinski definition) is 0. The van der Waals surface area contributed by atoms with E-state index in [1.165, 1.54) is 6.33 Å². The van der Waals surface area contributed by atoms with Gasteiger partial charge in [0.05, 0.1) is 6.54 Å². The van der Waals surface area contributed by atoms with Crippen LogP contribution < -0.4 is 9.64 Å². The number of pyridine rings is 1. The topological polar surface area (TPSA) is 76.4 Å². The van der Waals surface area contributed by atoms with Crippen molar-refractivity contribution in [2.24, 2.45) is 0 Å². The Morgan fingerprint density at radius 2 is 2.29 bits per heavy atom. The van der Waals surface area contributed by atoms with E-state index in [2.05, 4.69) is 15.1 Å². The molecule has 3 heterocycles. The van der Waals surface area contributed by atoms with Crippen LogP contribution in [-0.4, -0.2) is 63.8 Å². The molecule has 0 aromatic carbocycles. The van der Waals surface area contributed by atoms with Gasteiger partial charge in [0.1, 0.15) is 24.8 Å². The van der Waals surface area contributed by atoms with E-state index in [-0.39, 0.29) is 18.1 Å². The van der Waals surface area contributed by atoms with Crippen molar-refractivity contribution in [2.75, 3.05) is 32.1 Å². The molecular weight excluding hydrogens is 308 g/mol. The molecule has 1 saturated heterocycles. The van der Waals surface area contributed by atoms with Gasteiger partial charge in [-0.05, 0) is 19.1 Å². The Kier molecular flexibility index (Phi) is 4.64. The lowest BCUT2D eigenvalue weighted by Gasteiger charge is -2.22. The van der Waals surface area contributed by atoms with Crippen molar-refractivity contribution in [1.82, 2.24) is 24.6 Å². The maximum atomic E-state index is 12.6. The van der Waals surface area contributed by atoms with Crippen LogP contribution in [-0.2, 0) is 4.79 Å². The van der Waals surface area contributed by atoms with Gasteiger partial charge in [-0.15, -0.1) is 0 Å². The van der Waals surface area contributed by atoms with Crippen molar-refractivity contribution >= 4 is 11.7 Å². The molecule has 8 nitrogen and oxygen atoms in total. The molecule has 0 aliphatic carbocycles. The minimum absolute atomic E-state index is 0.0280. The van der Waals surface area contributed by atoms with Gasteiger partial charge >= 0.3 is 0 Å². The quantitative estimate of drug-likeness (QED) is 0.813. The molecule has 1 fully saturated rings. The first-order valence-electron chi connectivity index (χ1n) is 7.98. The average molecular weight is 330 g/mol. The molecule has 1 aliphatic heterocycles.